The molecule has 2 aromatic carbocycles. The molecule has 0 aliphatic rings. The summed E-state index contributed by atoms with van der Waals surface area (Å²) in [7, 11) is -4.58. The van der Waals surface area contributed by atoms with E-state index in [2.05, 4.69) is 6.92 Å². The average molecular weight is 487 g/mol. The summed E-state index contributed by atoms with van der Waals surface area (Å²) in [6.07, 6.45) is 15.4. The van der Waals surface area contributed by atoms with Gasteiger partial charge in [-0.2, -0.15) is 8.42 Å². The van der Waals surface area contributed by atoms with Crippen LogP contribution in [0.4, 0.5) is 0 Å². The van der Waals surface area contributed by atoms with Gasteiger partial charge in [-0.25, -0.2) is 0 Å². The summed E-state index contributed by atoms with van der Waals surface area (Å²) in [6, 6.07) is 11.2. The molecule has 0 bridgehead atoms. The molecular weight excluding hydrogens is 451 g/mol. The number of rotatable bonds is 15. The van der Waals surface area contributed by atoms with E-state index in [1.54, 1.807) is 6.07 Å². The maximum absolute atomic E-state index is 11.6. The van der Waals surface area contributed by atoms with Gasteiger partial charge >= 0.3 is 51.4 Å². The summed E-state index contributed by atoms with van der Waals surface area (Å²) in [6.45, 7) is 2.25. The fraction of sp³-hybridized carbons (Fsp3) is 0.520. The average Bonchev–Trinajstić information content (AvgIpc) is 2.73. The van der Waals surface area contributed by atoms with E-state index in [1.807, 2.05) is 18.2 Å². The Bertz CT molecular complexity index is 899. The van der Waals surface area contributed by atoms with Crippen molar-refractivity contribution in [1.82, 2.24) is 0 Å². The van der Waals surface area contributed by atoms with Crippen LogP contribution in [0.2, 0.25) is 0 Å². The van der Waals surface area contributed by atoms with Crippen molar-refractivity contribution in [3.8, 4) is 17.2 Å². The van der Waals surface area contributed by atoms with Crippen molar-refractivity contribution < 1.29 is 74.2 Å². The van der Waals surface area contributed by atoms with Crippen LogP contribution >= 0.6 is 0 Å². The van der Waals surface area contributed by atoms with Gasteiger partial charge in [-0.05, 0) is 36.6 Å². The summed E-state index contributed by atoms with van der Waals surface area (Å²) in [5.74, 6) is -0.000303. The van der Waals surface area contributed by atoms with Crippen LogP contribution in [0.5, 0.6) is 17.2 Å². The first-order valence-electron chi connectivity index (χ1n) is 11.5. The topological polar surface area (TPSA) is 86.7 Å². The number of hydrogen-bond acceptors (Lipinski definition) is 4. The van der Waals surface area contributed by atoms with Crippen molar-refractivity contribution in [1.29, 1.82) is 0 Å². The van der Waals surface area contributed by atoms with Gasteiger partial charge in [0.25, 0.3) is 10.1 Å². The van der Waals surface area contributed by atoms with Gasteiger partial charge in [-0.15, -0.1) is 0 Å². The maximum atomic E-state index is 11.6. The third-order valence-electron chi connectivity index (χ3n) is 5.40. The summed E-state index contributed by atoms with van der Waals surface area (Å²) in [4.78, 5) is -0.679. The van der Waals surface area contributed by atoms with Crippen molar-refractivity contribution in [2.45, 2.75) is 88.9 Å². The van der Waals surface area contributed by atoms with Gasteiger partial charge in [-0.1, -0.05) is 95.1 Å². The van der Waals surface area contributed by atoms with E-state index in [9.17, 15) is 13.5 Å². The fourth-order valence-corrected chi connectivity index (χ4v) is 4.23. The van der Waals surface area contributed by atoms with Gasteiger partial charge in [0.1, 0.15) is 11.5 Å². The molecule has 0 fully saturated rings. The molecule has 0 saturated carbocycles. The Balaban J connectivity index is 0.00000512. The van der Waals surface area contributed by atoms with Crippen LogP contribution < -0.4 is 61.2 Å². The van der Waals surface area contributed by atoms with Crippen LogP contribution in [-0.2, 0) is 16.5 Å². The quantitative estimate of drug-likeness (QED) is 0.236. The van der Waals surface area contributed by atoms with E-state index < -0.39 is 20.8 Å². The Labute approximate surface area is 236 Å². The Morgan fingerprint density at radius 2 is 1.38 bits per heavy atom. The second kappa shape index (κ2) is 16.3. The van der Waals surface area contributed by atoms with Gasteiger partial charge in [0.05, 0.1) is 4.90 Å². The van der Waals surface area contributed by atoms with Gasteiger partial charge in [0.2, 0.25) is 0 Å². The van der Waals surface area contributed by atoms with Crippen molar-refractivity contribution in [3.63, 3.8) is 0 Å². The molecule has 0 atom stereocenters. The molecule has 1 N–H and O–H groups in total. The summed E-state index contributed by atoms with van der Waals surface area (Å²) >= 11 is 0. The molecule has 0 heterocycles. The number of benzene rings is 2. The van der Waals surface area contributed by atoms with E-state index in [-0.39, 0.29) is 57.1 Å². The Hall–Kier alpha value is -0.414. The minimum atomic E-state index is -4.58. The molecule has 0 unspecified atom stereocenters. The van der Waals surface area contributed by atoms with Crippen LogP contribution in [0.3, 0.4) is 0 Å². The molecule has 2 aromatic rings. The van der Waals surface area contributed by atoms with E-state index in [0.29, 0.717) is 5.75 Å². The fourth-order valence-electron chi connectivity index (χ4n) is 3.65. The second-order valence-corrected chi connectivity index (χ2v) is 9.51. The summed E-state index contributed by atoms with van der Waals surface area (Å²) in [5, 5.41) is 11.6. The predicted molar refractivity (Wildman–Crippen MR) is 122 cm³/mol. The van der Waals surface area contributed by atoms with E-state index in [1.165, 1.54) is 70.3 Å². The molecule has 7 heteroatoms. The Morgan fingerprint density at radius 3 is 1.97 bits per heavy atom. The van der Waals surface area contributed by atoms with E-state index >= 15 is 0 Å². The third-order valence-corrected chi connectivity index (χ3v) is 6.27. The molecule has 32 heavy (non-hydrogen) atoms. The molecule has 172 valence electrons. The Kier molecular flexibility index (Phi) is 15.0. The standard InChI is InChI=1S/C25H36O5S.K/c1-2-3-4-5-6-7-8-9-10-11-12-14-21-15-13-16-22(19-21)30-23-17-18-24(26)25(20-23)31(27,28)29;/h13,15-20,26H,2-12,14H2,1H3,(H,27,28,29);/q;+1/p-1. The molecule has 0 amide bonds. The third kappa shape index (κ3) is 11.6. The summed E-state index contributed by atoms with van der Waals surface area (Å²) in [5.41, 5.74) is 1.16. The van der Waals surface area contributed by atoms with Crippen molar-refractivity contribution in [2.75, 3.05) is 0 Å². The predicted octanol–water partition coefficient (Wildman–Crippen LogP) is 3.66. The van der Waals surface area contributed by atoms with Crippen LogP contribution in [0.1, 0.15) is 83.1 Å². The SMILES string of the molecule is CCCCCCCCCCCCCc1cccc(Oc2ccc([O-])c(S(=O)(=O)O)c2)c1.[K+]. The zero-order valence-electron chi connectivity index (χ0n) is 19.5. The first-order chi connectivity index (χ1) is 14.9. The minimum Gasteiger partial charge on any atom is -0.872 e. The van der Waals surface area contributed by atoms with Gasteiger partial charge in [0, 0.05) is 6.07 Å². The zero-order valence-corrected chi connectivity index (χ0v) is 23.5. The monoisotopic (exact) mass is 486 g/mol. The largest absolute Gasteiger partial charge is 1.00 e. The van der Waals surface area contributed by atoms with E-state index in [0.717, 1.165) is 30.5 Å². The number of unbranched alkanes of at least 4 members (excludes halogenated alkanes) is 10. The van der Waals surface area contributed by atoms with E-state index in [4.69, 9.17) is 9.29 Å². The van der Waals surface area contributed by atoms with Gasteiger partial charge in [-0.3, -0.25) is 4.55 Å². The number of hydrogen-bond donors (Lipinski definition) is 1. The van der Waals surface area contributed by atoms with Crippen LogP contribution in [-0.4, -0.2) is 13.0 Å². The minimum absolute atomic E-state index is 0. The normalized spacial score (nSPS) is 11.2. The molecule has 0 aromatic heterocycles. The summed E-state index contributed by atoms with van der Waals surface area (Å²) < 4.78 is 37.4. The van der Waals surface area contributed by atoms with Crippen LogP contribution in [0, 0.1) is 0 Å². The molecule has 0 spiro atoms. The molecule has 0 saturated heterocycles. The molecule has 0 aliphatic carbocycles. The van der Waals surface area contributed by atoms with Crippen LogP contribution in [0.15, 0.2) is 47.4 Å². The molecule has 2 rings (SSSR count). The number of aryl methyl sites for hydroxylation is 1. The van der Waals surface area contributed by atoms with Crippen LogP contribution in [0.25, 0.3) is 0 Å². The molecule has 0 aliphatic heterocycles. The smallest absolute Gasteiger partial charge is 0.872 e. The van der Waals surface area contributed by atoms with Crippen molar-refractivity contribution in [2.24, 2.45) is 0 Å². The van der Waals surface area contributed by atoms with Gasteiger partial charge < -0.3 is 9.84 Å². The first kappa shape index (κ1) is 29.6. The first-order valence-corrected chi connectivity index (χ1v) is 12.9. The van der Waals surface area contributed by atoms with Gasteiger partial charge in [0.15, 0.2) is 0 Å². The Morgan fingerprint density at radius 1 is 0.812 bits per heavy atom. The zero-order chi connectivity index (χ0) is 22.5. The molecule has 5 nitrogen and oxygen atoms in total. The van der Waals surface area contributed by atoms with Crippen molar-refractivity contribution in [3.05, 3.63) is 48.0 Å². The molecule has 0 radical (unpaired) electrons. The number of ether oxygens (including phenoxy) is 1. The maximum Gasteiger partial charge on any atom is 1.00 e. The second-order valence-electron chi connectivity index (χ2n) is 8.12. The van der Waals surface area contributed by atoms with Crippen molar-refractivity contribution >= 4 is 10.1 Å². The molecular formula is C25H35KO5S.